The maximum absolute atomic E-state index is 12.3. The molecule has 2 aromatic rings. The van der Waals surface area contributed by atoms with Crippen molar-refractivity contribution in [2.75, 3.05) is 32.7 Å². The van der Waals surface area contributed by atoms with Crippen molar-refractivity contribution >= 4 is 17.2 Å². The number of unbranched alkanes of at least 4 members (excludes halogenated alkanes) is 2. The van der Waals surface area contributed by atoms with E-state index in [-0.39, 0.29) is 5.91 Å². The van der Waals surface area contributed by atoms with E-state index in [0.29, 0.717) is 0 Å². The summed E-state index contributed by atoms with van der Waals surface area (Å²) in [6.45, 7) is 7.91. The van der Waals surface area contributed by atoms with Gasteiger partial charge in [-0.3, -0.25) is 14.4 Å². The number of nitrogens with zero attached hydrogens (tertiary/aromatic N) is 4. The molecule has 3 heterocycles. The zero-order valence-corrected chi connectivity index (χ0v) is 15.2. The molecule has 1 aliphatic heterocycles. The van der Waals surface area contributed by atoms with E-state index in [1.165, 1.54) is 24.8 Å². The molecule has 1 aliphatic rings. The number of rotatable bonds is 7. The molecule has 6 heteroatoms. The highest BCUT2D eigenvalue weighted by Crippen LogP contribution is 2.12. The topological polar surface area (TPSA) is 41.4 Å². The van der Waals surface area contributed by atoms with Gasteiger partial charge >= 0.3 is 0 Å². The maximum Gasteiger partial charge on any atom is 0.254 e. The molecule has 0 unspecified atom stereocenters. The summed E-state index contributed by atoms with van der Waals surface area (Å²) in [5, 5.41) is 8.23. The van der Waals surface area contributed by atoms with Gasteiger partial charge in [-0.2, -0.15) is 16.4 Å². The fourth-order valence-electron chi connectivity index (χ4n) is 3.12. The molecule has 0 atom stereocenters. The lowest BCUT2D eigenvalue weighted by Crippen LogP contribution is -2.48. The van der Waals surface area contributed by atoms with Crippen LogP contribution in [0.3, 0.4) is 0 Å². The van der Waals surface area contributed by atoms with Gasteiger partial charge < -0.3 is 4.90 Å². The minimum Gasteiger partial charge on any atom is -0.336 e. The second-order valence-electron chi connectivity index (χ2n) is 6.49. The largest absolute Gasteiger partial charge is 0.336 e. The predicted molar refractivity (Wildman–Crippen MR) is 97.5 cm³/mol. The molecular formula is C18H26N4OS. The minimum absolute atomic E-state index is 0.186. The molecule has 0 spiro atoms. The molecular weight excluding hydrogens is 320 g/mol. The highest BCUT2D eigenvalue weighted by atomic mass is 32.1. The minimum atomic E-state index is 0.186. The van der Waals surface area contributed by atoms with Crippen LogP contribution in [0, 0.1) is 6.92 Å². The summed E-state index contributed by atoms with van der Waals surface area (Å²) < 4.78 is 2.03. The Kier molecular flexibility index (Phi) is 6.04. The molecule has 1 amide bonds. The number of aryl methyl sites for hydroxylation is 2. The maximum atomic E-state index is 12.3. The zero-order chi connectivity index (χ0) is 16.8. The van der Waals surface area contributed by atoms with Crippen LogP contribution in [0.5, 0.6) is 0 Å². The van der Waals surface area contributed by atoms with Crippen LogP contribution < -0.4 is 0 Å². The van der Waals surface area contributed by atoms with Gasteiger partial charge in [0.15, 0.2) is 0 Å². The van der Waals surface area contributed by atoms with Gasteiger partial charge in [0.1, 0.15) is 0 Å². The quantitative estimate of drug-likeness (QED) is 0.724. The summed E-state index contributed by atoms with van der Waals surface area (Å²) in [5.41, 5.74) is 2.06. The van der Waals surface area contributed by atoms with Crippen LogP contribution in [0.15, 0.2) is 29.2 Å². The van der Waals surface area contributed by atoms with Gasteiger partial charge in [0.2, 0.25) is 0 Å². The Morgan fingerprint density at radius 2 is 1.96 bits per heavy atom. The molecule has 0 N–H and O–H groups in total. The van der Waals surface area contributed by atoms with Crippen LogP contribution in [0.2, 0.25) is 0 Å². The molecule has 0 radical (unpaired) electrons. The average Bonchev–Trinajstić information content (AvgIpc) is 3.26. The smallest absolute Gasteiger partial charge is 0.254 e. The predicted octanol–water partition coefficient (Wildman–Crippen LogP) is 2.88. The SMILES string of the molecule is Cc1cnn(CCCCCN2CCN(C(=O)c3ccsc3)CC2)c1. The fourth-order valence-corrected chi connectivity index (χ4v) is 3.75. The number of aromatic nitrogens is 2. The molecule has 3 rings (SSSR count). The molecule has 0 bridgehead atoms. The third-order valence-electron chi connectivity index (χ3n) is 4.55. The summed E-state index contributed by atoms with van der Waals surface area (Å²) in [4.78, 5) is 16.8. The summed E-state index contributed by atoms with van der Waals surface area (Å²) in [7, 11) is 0. The third kappa shape index (κ3) is 4.68. The van der Waals surface area contributed by atoms with Gasteiger partial charge in [-0.05, 0) is 43.3 Å². The lowest BCUT2D eigenvalue weighted by atomic mass is 10.2. The van der Waals surface area contributed by atoms with Crippen LogP contribution in [-0.2, 0) is 6.54 Å². The van der Waals surface area contributed by atoms with Crippen molar-refractivity contribution in [1.82, 2.24) is 19.6 Å². The number of carbonyl (C=O) groups is 1. The summed E-state index contributed by atoms with van der Waals surface area (Å²) in [5.74, 6) is 0.186. The molecule has 24 heavy (non-hydrogen) atoms. The van der Waals surface area contributed by atoms with E-state index in [2.05, 4.69) is 23.1 Å². The molecule has 0 aromatic carbocycles. The van der Waals surface area contributed by atoms with E-state index in [4.69, 9.17) is 0 Å². The summed E-state index contributed by atoms with van der Waals surface area (Å²) in [6.07, 6.45) is 7.64. The van der Waals surface area contributed by atoms with Gasteiger partial charge in [0, 0.05) is 44.3 Å². The molecule has 1 saturated heterocycles. The van der Waals surface area contributed by atoms with Crippen LogP contribution in [0.4, 0.5) is 0 Å². The molecule has 0 saturated carbocycles. The van der Waals surface area contributed by atoms with Crippen LogP contribution in [0.1, 0.15) is 35.2 Å². The zero-order valence-electron chi connectivity index (χ0n) is 14.4. The Balaban J connectivity index is 1.29. The van der Waals surface area contributed by atoms with E-state index in [0.717, 1.165) is 44.8 Å². The average molecular weight is 347 g/mol. The van der Waals surface area contributed by atoms with Gasteiger partial charge in [-0.25, -0.2) is 0 Å². The Morgan fingerprint density at radius 3 is 2.62 bits per heavy atom. The van der Waals surface area contributed by atoms with E-state index in [1.807, 2.05) is 32.6 Å². The van der Waals surface area contributed by atoms with Crippen molar-refractivity contribution in [2.24, 2.45) is 0 Å². The van der Waals surface area contributed by atoms with Crippen molar-refractivity contribution < 1.29 is 4.79 Å². The van der Waals surface area contributed by atoms with Crippen molar-refractivity contribution in [1.29, 1.82) is 0 Å². The van der Waals surface area contributed by atoms with E-state index >= 15 is 0 Å². The van der Waals surface area contributed by atoms with Crippen molar-refractivity contribution in [3.8, 4) is 0 Å². The molecule has 130 valence electrons. The second kappa shape index (κ2) is 8.44. The van der Waals surface area contributed by atoms with Crippen molar-refractivity contribution in [3.63, 3.8) is 0 Å². The van der Waals surface area contributed by atoms with Crippen LogP contribution >= 0.6 is 11.3 Å². The number of thiophene rings is 1. The van der Waals surface area contributed by atoms with Crippen LogP contribution in [-0.4, -0.2) is 58.2 Å². The fraction of sp³-hybridized carbons (Fsp3) is 0.556. The normalized spacial score (nSPS) is 15.8. The van der Waals surface area contributed by atoms with Gasteiger partial charge in [-0.1, -0.05) is 6.42 Å². The third-order valence-corrected chi connectivity index (χ3v) is 5.23. The van der Waals surface area contributed by atoms with Gasteiger partial charge in [0.25, 0.3) is 5.91 Å². The Bertz CT molecular complexity index is 629. The number of amides is 1. The first kappa shape index (κ1) is 17.2. The van der Waals surface area contributed by atoms with Crippen molar-refractivity contribution in [2.45, 2.75) is 32.7 Å². The Hall–Kier alpha value is -1.66. The van der Waals surface area contributed by atoms with E-state index < -0.39 is 0 Å². The molecule has 0 aliphatic carbocycles. The monoisotopic (exact) mass is 346 g/mol. The van der Waals surface area contributed by atoms with Crippen molar-refractivity contribution in [3.05, 3.63) is 40.3 Å². The highest BCUT2D eigenvalue weighted by Gasteiger charge is 2.21. The number of hydrogen-bond acceptors (Lipinski definition) is 4. The van der Waals surface area contributed by atoms with E-state index in [9.17, 15) is 4.79 Å². The molecule has 2 aromatic heterocycles. The first-order chi connectivity index (χ1) is 11.7. The van der Waals surface area contributed by atoms with Crippen LogP contribution in [0.25, 0.3) is 0 Å². The number of carbonyl (C=O) groups excluding carboxylic acids is 1. The highest BCUT2D eigenvalue weighted by molar-refractivity contribution is 7.08. The number of piperazine rings is 1. The molecule has 5 nitrogen and oxygen atoms in total. The first-order valence-electron chi connectivity index (χ1n) is 8.75. The first-order valence-corrected chi connectivity index (χ1v) is 9.69. The summed E-state index contributed by atoms with van der Waals surface area (Å²) >= 11 is 1.58. The second-order valence-corrected chi connectivity index (χ2v) is 7.27. The number of hydrogen-bond donors (Lipinski definition) is 0. The van der Waals surface area contributed by atoms with E-state index in [1.54, 1.807) is 11.3 Å². The Morgan fingerprint density at radius 1 is 1.17 bits per heavy atom. The Labute approximate surface area is 147 Å². The van der Waals surface area contributed by atoms with Gasteiger partial charge in [0.05, 0.1) is 11.8 Å². The lowest BCUT2D eigenvalue weighted by molar-refractivity contribution is 0.0635. The molecule has 1 fully saturated rings. The van der Waals surface area contributed by atoms with Gasteiger partial charge in [-0.15, -0.1) is 0 Å². The summed E-state index contributed by atoms with van der Waals surface area (Å²) in [6, 6.07) is 1.92. The standard InChI is InChI=1S/C18H26N4OS/c1-16-13-19-22(14-16)7-4-2-3-6-20-8-10-21(11-9-20)18(23)17-5-12-24-15-17/h5,12-15H,2-4,6-11H2,1H3. The lowest BCUT2D eigenvalue weighted by Gasteiger charge is -2.34.